The molecular weight excluding hydrogens is 282 g/mol. The predicted octanol–water partition coefficient (Wildman–Crippen LogP) is 2.98. The van der Waals surface area contributed by atoms with E-state index in [9.17, 15) is 10.1 Å². The van der Waals surface area contributed by atoms with Crippen molar-refractivity contribution in [2.24, 2.45) is 5.10 Å². The van der Waals surface area contributed by atoms with Crippen molar-refractivity contribution < 1.29 is 4.92 Å². The first-order valence-electron chi connectivity index (χ1n) is 6.48. The van der Waals surface area contributed by atoms with Gasteiger partial charge in [-0.25, -0.2) is 0 Å². The molecule has 1 aromatic heterocycles. The van der Waals surface area contributed by atoms with Crippen LogP contribution in [0.2, 0.25) is 0 Å². The monoisotopic (exact) mass is 293 g/mol. The van der Waals surface area contributed by atoms with Crippen molar-refractivity contribution in [3.05, 3.63) is 70.4 Å². The molecule has 0 unspecified atom stereocenters. The fourth-order valence-corrected chi connectivity index (χ4v) is 1.96. The van der Waals surface area contributed by atoms with Gasteiger partial charge in [0, 0.05) is 22.9 Å². The van der Waals surface area contributed by atoms with E-state index >= 15 is 0 Å². The van der Waals surface area contributed by atoms with Gasteiger partial charge in [-0.1, -0.05) is 24.3 Å². The fraction of sp³-hybridized carbons (Fsp3) is 0. The number of hydrogen-bond acceptors (Lipinski definition) is 6. The quantitative estimate of drug-likeness (QED) is 0.453. The van der Waals surface area contributed by atoms with Crippen LogP contribution in [0.25, 0.3) is 10.8 Å². The first-order valence-corrected chi connectivity index (χ1v) is 6.48. The lowest BCUT2D eigenvalue weighted by Gasteiger charge is -2.02. The van der Waals surface area contributed by atoms with Gasteiger partial charge in [0.05, 0.1) is 17.3 Å². The highest BCUT2D eigenvalue weighted by Crippen LogP contribution is 2.19. The highest BCUT2D eigenvalue weighted by Gasteiger charge is 2.03. The minimum Gasteiger partial charge on any atom is -0.259 e. The first kappa shape index (κ1) is 13.6. The summed E-state index contributed by atoms with van der Waals surface area (Å²) in [6.07, 6.45) is 3.24. The van der Waals surface area contributed by atoms with E-state index in [0.29, 0.717) is 5.82 Å². The maximum atomic E-state index is 10.6. The Kier molecular flexibility index (Phi) is 3.69. The number of nitrogens with zero attached hydrogens (tertiary/aromatic N) is 4. The zero-order valence-electron chi connectivity index (χ0n) is 11.4. The second-order valence-corrected chi connectivity index (χ2v) is 4.50. The Morgan fingerprint density at radius 1 is 1.14 bits per heavy atom. The number of rotatable bonds is 4. The van der Waals surface area contributed by atoms with Gasteiger partial charge in [-0.2, -0.15) is 10.2 Å². The minimum absolute atomic E-state index is 0.0463. The van der Waals surface area contributed by atoms with E-state index in [1.807, 2.05) is 24.3 Å². The third kappa shape index (κ3) is 2.88. The summed E-state index contributed by atoms with van der Waals surface area (Å²) < 4.78 is 0. The van der Waals surface area contributed by atoms with Gasteiger partial charge in [0.25, 0.3) is 5.69 Å². The zero-order chi connectivity index (χ0) is 15.4. The molecule has 0 bridgehead atoms. The molecule has 0 aliphatic heterocycles. The van der Waals surface area contributed by atoms with Crippen LogP contribution in [-0.2, 0) is 0 Å². The van der Waals surface area contributed by atoms with Gasteiger partial charge in [0.2, 0.25) is 0 Å². The number of aromatic nitrogens is 2. The molecular formula is C15H11N5O2. The summed E-state index contributed by atoms with van der Waals surface area (Å²) in [5.74, 6) is 0.552. The van der Waals surface area contributed by atoms with Gasteiger partial charge in [0.15, 0.2) is 5.82 Å². The molecule has 0 aliphatic rings. The highest BCUT2D eigenvalue weighted by molar-refractivity contribution is 5.91. The first-order chi connectivity index (χ1) is 10.7. The topological polar surface area (TPSA) is 93.3 Å². The highest BCUT2D eigenvalue weighted by atomic mass is 16.6. The van der Waals surface area contributed by atoms with Gasteiger partial charge in [0.1, 0.15) is 0 Å². The van der Waals surface area contributed by atoms with Crippen LogP contribution in [-0.4, -0.2) is 21.3 Å². The molecule has 2 aromatic carbocycles. The lowest BCUT2D eigenvalue weighted by atomic mass is 10.2. The average Bonchev–Trinajstić information content (AvgIpc) is 2.55. The Bertz CT molecular complexity index is 841. The number of nitrogens with one attached hydrogen (secondary N) is 1. The summed E-state index contributed by atoms with van der Waals surface area (Å²) in [6.45, 7) is 0. The molecule has 3 aromatic rings. The molecule has 0 radical (unpaired) electrons. The molecule has 108 valence electrons. The molecule has 1 heterocycles. The van der Waals surface area contributed by atoms with Crippen LogP contribution >= 0.6 is 0 Å². The van der Waals surface area contributed by atoms with Gasteiger partial charge >= 0.3 is 0 Å². The molecule has 7 nitrogen and oxygen atoms in total. The van der Waals surface area contributed by atoms with Gasteiger partial charge < -0.3 is 0 Å². The molecule has 1 N–H and O–H groups in total. The van der Waals surface area contributed by atoms with Crippen LogP contribution in [0.15, 0.2) is 59.8 Å². The standard InChI is InChI=1S/C15H11N5O2/c21-20(22)13-7-5-11(6-8-13)9-16-18-15-14-4-2-1-3-12(14)10-17-19-15/h1-10H,(H,18,19). The van der Waals surface area contributed by atoms with Gasteiger partial charge in [-0.05, 0) is 17.7 Å². The largest absolute Gasteiger partial charge is 0.269 e. The molecule has 7 heteroatoms. The number of nitro groups is 1. The van der Waals surface area contributed by atoms with E-state index in [1.165, 1.54) is 12.1 Å². The smallest absolute Gasteiger partial charge is 0.259 e. The lowest BCUT2D eigenvalue weighted by molar-refractivity contribution is -0.384. The Balaban J connectivity index is 1.77. The molecule has 0 atom stereocenters. The van der Waals surface area contributed by atoms with Crippen molar-refractivity contribution in [3.8, 4) is 0 Å². The summed E-state index contributed by atoms with van der Waals surface area (Å²) in [4.78, 5) is 10.1. The van der Waals surface area contributed by atoms with Crippen molar-refractivity contribution in [1.29, 1.82) is 0 Å². The number of hydrogen-bond donors (Lipinski definition) is 1. The molecule has 0 fully saturated rings. The minimum atomic E-state index is -0.440. The van der Waals surface area contributed by atoms with Crippen LogP contribution in [0.4, 0.5) is 11.5 Å². The molecule has 0 spiro atoms. The van der Waals surface area contributed by atoms with Crippen LogP contribution in [0.5, 0.6) is 0 Å². The van der Waals surface area contributed by atoms with Crippen LogP contribution < -0.4 is 5.43 Å². The molecule has 0 amide bonds. The van der Waals surface area contributed by atoms with Crippen LogP contribution in [0.3, 0.4) is 0 Å². The van der Waals surface area contributed by atoms with E-state index in [1.54, 1.807) is 24.5 Å². The number of nitro benzene ring substituents is 1. The summed E-state index contributed by atoms with van der Waals surface area (Å²) in [7, 11) is 0. The molecule has 3 rings (SSSR count). The second-order valence-electron chi connectivity index (χ2n) is 4.50. The summed E-state index contributed by atoms with van der Waals surface area (Å²) in [5.41, 5.74) is 3.62. The van der Waals surface area contributed by atoms with Crippen LogP contribution in [0, 0.1) is 10.1 Å². The van der Waals surface area contributed by atoms with Crippen molar-refractivity contribution in [1.82, 2.24) is 10.2 Å². The number of hydrazone groups is 1. The third-order valence-corrected chi connectivity index (χ3v) is 3.06. The van der Waals surface area contributed by atoms with Crippen LogP contribution in [0.1, 0.15) is 5.56 Å². The van der Waals surface area contributed by atoms with Gasteiger partial charge in [-0.3, -0.25) is 15.5 Å². The number of anilines is 1. The Hall–Kier alpha value is -3.35. The maximum Gasteiger partial charge on any atom is 0.269 e. The Morgan fingerprint density at radius 3 is 2.68 bits per heavy atom. The Morgan fingerprint density at radius 2 is 1.91 bits per heavy atom. The normalized spacial score (nSPS) is 10.9. The fourth-order valence-electron chi connectivity index (χ4n) is 1.96. The molecule has 0 saturated carbocycles. The van der Waals surface area contributed by atoms with Gasteiger partial charge in [-0.15, -0.1) is 5.10 Å². The molecule has 22 heavy (non-hydrogen) atoms. The Labute approximate surface area is 125 Å². The maximum absolute atomic E-state index is 10.6. The molecule has 0 aliphatic carbocycles. The van der Waals surface area contributed by atoms with Crippen molar-refractivity contribution in [2.75, 3.05) is 5.43 Å². The van der Waals surface area contributed by atoms with Crippen molar-refractivity contribution in [3.63, 3.8) is 0 Å². The summed E-state index contributed by atoms with van der Waals surface area (Å²) in [5, 5.41) is 24.5. The van der Waals surface area contributed by atoms with E-state index < -0.39 is 4.92 Å². The average molecular weight is 293 g/mol. The van der Waals surface area contributed by atoms with E-state index in [-0.39, 0.29) is 5.69 Å². The van der Waals surface area contributed by atoms with E-state index in [0.717, 1.165) is 16.3 Å². The van der Waals surface area contributed by atoms with E-state index in [2.05, 4.69) is 20.7 Å². The second kappa shape index (κ2) is 5.96. The lowest BCUT2D eigenvalue weighted by Crippen LogP contribution is -1.96. The number of benzene rings is 2. The number of fused-ring (bicyclic) bond motifs is 1. The predicted molar refractivity (Wildman–Crippen MR) is 83.9 cm³/mol. The SMILES string of the molecule is O=[N+]([O-])c1ccc(C=NNc2nncc3ccccc23)cc1. The van der Waals surface area contributed by atoms with Crippen molar-refractivity contribution >= 4 is 28.5 Å². The van der Waals surface area contributed by atoms with Crippen molar-refractivity contribution in [2.45, 2.75) is 0 Å². The van der Waals surface area contributed by atoms with E-state index in [4.69, 9.17) is 0 Å². The third-order valence-electron chi connectivity index (χ3n) is 3.06. The summed E-state index contributed by atoms with van der Waals surface area (Å²) in [6, 6.07) is 13.8. The summed E-state index contributed by atoms with van der Waals surface area (Å²) >= 11 is 0. The number of non-ortho nitro benzene ring substituents is 1. The zero-order valence-corrected chi connectivity index (χ0v) is 11.4. The molecule has 0 saturated heterocycles.